The van der Waals surface area contributed by atoms with Crippen molar-refractivity contribution in [2.24, 2.45) is 22.5 Å². The van der Waals surface area contributed by atoms with Gasteiger partial charge in [-0.2, -0.15) is 0 Å². The van der Waals surface area contributed by atoms with Crippen molar-refractivity contribution in [3.05, 3.63) is 141 Å². The Morgan fingerprint density at radius 2 is 1.77 bits per heavy atom. The number of aryl methyl sites for hydroxylation is 1. The first-order chi connectivity index (χ1) is 31.4. The summed E-state index contributed by atoms with van der Waals surface area (Å²) >= 11 is 0. The van der Waals surface area contributed by atoms with E-state index in [4.69, 9.17) is 5.73 Å². The molecule has 2 aliphatic heterocycles. The fourth-order valence-electron chi connectivity index (χ4n) is 12.1. The predicted molar refractivity (Wildman–Crippen MR) is 260 cm³/mol. The molecule has 0 aromatic heterocycles. The molecular weight excluding hydrogens is 829 g/mol. The van der Waals surface area contributed by atoms with Crippen LogP contribution in [0.4, 0.5) is 0 Å². The monoisotopic (exact) mass is 903 g/mol. The smallest absolute Gasteiger partial charge is 0.243 e. The van der Waals surface area contributed by atoms with E-state index in [0.29, 0.717) is 85.6 Å². The van der Waals surface area contributed by atoms with Crippen molar-refractivity contribution in [2.75, 3.05) is 19.7 Å². The topological polar surface area (TPSA) is 197 Å². The number of hydrogen-bond donors (Lipinski definition) is 9. The predicted octanol–water partition coefficient (Wildman–Crippen LogP) is 6.12. The van der Waals surface area contributed by atoms with Gasteiger partial charge in [0.1, 0.15) is 12.2 Å². The van der Waals surface area contributed by atoms with Gasteiger partial charge in [0, 0.05) is 29.8 Å². The van der Waals surface area contributed by atoms with E-state index in [1.165, 1.54) is 5.57 Å². The van der Waals surface area contributed by atoms with E-state index in [0.717, 1.165) is 40.8 Å². The zero-order valence-electron chi connectivity index (χ0n) is 39.7. The lowest BCUT2D eigenvalue weighted by Crippen LogP contribution is -2.61. The number of Topliss-reactive ketones (excluding diaryl/α,β-unsaturated/α-hetero) is 1. The molecule has 356 valence electrons. The summed E-state index contributed by atoms with van der Waals surface area (Å²) in [4.78, 5) is 28.4. The summed E-state index contributed by atoms with van der Waals surface area (Å²) in [5.74, 6) is -0.965. The van der Waals surface area contributed by atoms with Crippen LogP contribution in [0.1, 0.15) is 126 Å². The van der Waals surface area contributed by atoms with Crippen LogP contribution < -0.4 is 21.7 Å². The van der Waals surface area contributed by atoms with Crippen LogP contribution in [0.5, 0.6) is 0 Å². The Bertz CT molecular complexity index is 2320. The Labute approximate surface area is 391 Å². The first-order valence-electron chi connectivity index (χ1n) is 24.2. The van der Waals surface area contributed by atoms with Crippen LogP contribution in [-0.4, -0.2) is 86.9 Å². The number of likely N-dealkylation sites (N-methyl/N-ethyl adjacent to an activating group) is 1. The van der Waals surface area contributed by atoms with Crippen LogP contribution in [0.15, 0.2) is 113 Å². The molecule has 11 heteroatoms. The third kappa shape index (κ3) is 9.82. The van der Waals surface area contributed by atoms with Gasteiger partial charge in [-0.3, -0.25) is 14.9 Å². The fraction of sp³-hybridized carbons (Fsp3) is 0.527. The lowest BCUT2D eigenvalue weighted by atomic mass is 9.51. The van der Waals surface area contributed by atoms with Crippen LogP contribution in [-0.2, 0) is 28.9 Å². The van der Waals surface area contributed by atoms with Crippen molar-refractivity contribution in [3.63, 3.8) is 0 Å². The second-order valence-electron chi connectivity index (χ2n) is 20.3. The number of carbonyl (C=O) groups excluding carboxylic acids is 2. The van der Waals surface area contributed by atoms with E-state index < -0.39 is 52.9 Å². The van der Waals surface area contributed by atoms with Gasteiger partial charge in [-0.15, -0.1) is 0 Å². The molecule has 2 heterocycles. The van der Waals surface area contributed by atoms with E-state index in [9.17, 15) is 35.1 Å². The average molecular weight is 903 g/mol. The number of ketones is 1. The highest BCUT2D eigenvalue weighted by molar-refractivity contribution is 5.98. The van der Waals surface area contributed by atoms with Crippen LogP contribution in [0.25, 0.3) is 0 Å². The maximum absolute atomic E-state index is 14.8. The standard InChI is InChI=1S/C55H74N4O7/c1-7-57-46(19-14-33(2)3)34(4)26-38-20-23-54(40(28-38)32-60)24-25-55(52(54)65)45-18-17-41(61)29-37-11-8-10-36(27-37)15-16-42(62)31-58-49-48-39(12-9-13-44(48)50(56)59-51(49)64)30-47(63)35(5)43(45)21-22-53(55,6)66/h8-14,20,23,26-28,41-42,45-46,49-50,52,57-58,60-62,65-66H,4,7,15-19,21-22,24-25,29-32,56H2,1-3,5-6H3,(H,59,64). The van der Waals surface area contributed by atoms with Crippen molar-refractivity contribution < 1.29 is 35.1 Å². The van der Waals surface area contributed by atoms with Crippen molar-refractivity contribution in [1.82, 2.24) is 16.0 Å². The van der Waals surface area contributed by atoms with Crippen molar-refractivity contribution in [1.29, 1.82) is 0 Å². The number of aliphatic hydroxyl groups is 5. The molecule has 2 bridgehead atoms. The molecule has 2 spiro atoms. The normalized spacial score (nSPS) is 33.0. The summed E-state index contributed by atoms with van der Waals surface area (Å²) in [6.07, 6.45) is 11.4. The Hall–Kier alpha value is -4.30. The maximum atomic E-state index is 14.8. The molecule has 2 saturated carbocycles. The van der Waals surface area contributed by atoms with Crippen LogP contribution in [0, 0.1) is 16.7 Å². The van der Waals surface area contributed by atoms with E-state index in [1.54, 1.807) is 0 Å². The van der Waals surface area contributed by atoms with Gasteiger partial charge in [0.2, 0.25) is 5.91 Å². The number of β-amino-alcohol motifs (C(OH)–C–C–N with tert-alkyl or cyclic N) is 1. The van der Waals surface area contributed by atoms with Gasteiger partial charge in [0.25, 0.3) is 0 Å². The zero-order valence-corrected chi connectivity index (χ0v) is 39.7. The van der Waals surface area contributed by atoms with Gasteiger partial charge in [-0.25, -0.2) is 0 Å². The molecule has 11 nitrogen and oxygen atoms in total. The molecule has 5 aliphatic rings. The number of aliphatic hydroxyl groups excluding tert-OH is 4. The molecule has 10 atom stereocenters. The molecule has 0 radical (unpaired) electrons. The number of carbonyl (C=O) groups is 2. The molecule has 1 amide bonds. The Kier molecular flexibility index (Phi) is 15.4. The molecule has 3 aliphatic carbocycles. The van der Waals surface area contributed by atoms with Crippen LogP contribution in [0.2, 0.25) is 0 Å². The molecule has 10 N–H and O–H groups in total. The lowest BCUT2D eigenvalue weighted by Gasteiger charge is -2.57. The summed E-state index contributed by atoms with van der Waals surface area (Å²) in [5.41, 5.74) is 12.0. The summed E-state index contributed by atoms with van der Waals surface area (Å²) in [5, 5.41) is 69.6. The highest BCUT2D eigenvalue weighted by Crippen LogP contribution is 2.67. The number of fused-ring (bicyclic) bond motifs is 4. The molecule has 2 aromatic carbocycles. The van der Waals surface area contributed by atoms with Crippen molar-refractivity contribution in [2.45, 2.75) is 147 Å². The number of allylic oxidation sites excluding steroid dienone is 6. The Morgan fingerprint density at radius 3 is 2.52 bits per heavy atom. The highest BCUT2D eigenvalue weighted by Gasteiger charge is 2.68. The molecular formula is C55H74N4O7. The fourth-order valence-corrected chi connectivity index (χ4v) is 12.1. The largest absolute Gasteiger partial charge is 0.393 e. The summed E-state index contributed by atoms with van der Waals surface area (Å²) < 4.78 is 0. The van der Waals surface area contributed by atoms with Gasteiger partial charge in [0.15, 0.2) is 5.78 Å². The van der Waals surface area contributed by atoms with Crippen molar-refractivity contribution >= 4 is 11.7 Å². The third-order valence-electron chi connectivity index (χ3n) is 15.8. The maximum Gasteiger partial charge on any atom is 0.243 e. The number of nitrogens with two attached hydrogens (primary N) is 1. The number of amides is 1. The third-order valence-corrected chi connectivity index (χ3v) is 15.8. The highest BCUT2D eigenvalue weighted by atomic mass is 16.3. The minimum atomic E-state index is -1.37. The number of rotatable bonds is 7. The van der Waals surface area contributed by atoms with E-state index in [2.05, 4.69) is 55.4 Å². The summed E-state index contributed by atoms with van der Waals surface area (Å²) in [6, 6.07) is 12.8. The van der Waals surface area contributed by atoms with Crippen LogP contribution in [0.3, 0.4) is 0 Å². The SMILES string of the molecule is C=C(C=C1C=CC2(CCC3(C4CCC(O)Cc5cccc(c5)CCC(O)CNC5C(=O)NC(N)c6cccc(c65)CC(=O)C(C)=C4CCC3(C)O)C2O)C(CO)=C1)C(CC=C(C)C)NCC. The lowest BCUT2D eigenvalue weighted by molar-refractivity contribution is -0.174. The second-order valence-corrected chi connectivity index (χ2v) is 20.3. The van der Waals surface area contributed by atoms with Gasteiger partial charge in [-0.1, -0.05) is 97.5 Å². The van der Waals surface area contributed by atoms with Gasteiger partial charge < -0.3 is 41.9 Å². The zero-order chi connectivity index (χ0) is 47.6. The average Bonchev–Trinajstić information content (AvgIpc) is 3.57. The number of hydrogen-bond acceptors (Lipinski definition) is 10. The second kappa shape index (κ2) is 20.5. The van der Waals surface area contributed by atoms with Crippen molar-refractivity contribution in [3.8, 4) is 0 Å². The summed E-state index contributed by atoms with van der Waals surface area (Å²) in [6.45, 7) is 14.9. The first kappa shape index (κ1) is 49.6. The molecule has 66 heavy (non-hydrogen) atoms. The van der Waals surface area contributed by atoms with Gasteiger partial charge in [-0.05, 0) is 154 Å². The Morgan fingerprint density at radius 1 is 1.02 bits per heavy atom. The molecule has 7 rings (SSSR count). The first-order valence-corrected chi connectivity index (χ1v) is 24.2. The number of benzene rings is 2. The van der Waals surface area contributed by atoms with E-state index in [1.807, 2.05) is 74.5 Å². The molecule has 0 saturated heterocycles. The van der Waals surface area contributed by atoms with Gasteiger partial charge in [0.05, 0.1) is 30.5 Å². The van der Waals surface area contributed by atoms with Crippen LogP contribution >= 0.6 is 0 Å². The van der Waals surface area contributed by atoms with E-state index >= 15 is 0 Å². The van der Waals surface area contributed by atoms with Gasteiger partial charge >= 0.3 is 0 Å². The summed E-state index contributed by atoms with van der Waals surface area (Å²) in [7, 11) is 0. The molecule has 2 aromatic rings. The Balaban J connectivity index is 1.30. The van der Waals surface area contributed by atoms with E-state index in [-0.39, 0.29) is 37.3 Å². The molecule has 2 fully saturated rings. The quantitative estimate of drug-likeness (QED) is 0.146. The number of nitrogens with one attached hydrogen (secondary N) is 3. The molecule has 10 unspecified atom stereocenters. The minimum absolute atomic E-state index is 0.0113. The minimum Gasteiger partial charge on any atom is -0.393 e.